The number of ketones is 1. The number of carbonyl (C=O) groups is 1. The summed E-state index contributed by atoms with van der Waals surface area (Å²) in [7, 11) is 0. The molecule has 106 valence electrons. The van der Waals surface area contributed by atoms with Gasteiger partial charge in [-0.05, 0) is 42.5 Å². The molecule has 0 unspecified atom stereocenters. The van der Waals surface area contributed by atoms with Gasteiger partial charge >= 0.3 is 0 Å². The molecule has 0 aliphatic rings. The van der Waals surface area contributed by atoms with Gasteiger partial charge < -0.3 is 4.74 Å². The van der Waals surface area contributed by atoms with Crippen LogP contribution in [0, 0.1) is 23.0 Å². The summed E-state index contributed by atoms with van der Waals surface area (Å²) < 4.78 is 31.4. The molecule has 0 amide bonds. The van der Waals surface area contributed by atoms with E-state index in [1.807, 2.05) is 6.07 Å². The maximum absolute atomic E-state index is 13.5. The Bertz CT molecular complexity index is 690. The van der Waals surface area contributed by atoms with Crippen LogP contribution in [0.5, 0.6) is 5.75 Å². The van der Waals surface area contributed by atoms with Crippen LogP contribution in [-0.4, -0.2) is 12.4 Å². The summed E-state index contributed by atoms with van der Waals surface area (Å²) in [6.07, 6.45) is 0.0467. The van der Waals surface area contributed by atoms with Gasteiger partial charge in [-0.15, -0.1) is 0 Å². The number of benzene rings is 2. The average molecular weight is 287 g/mol. The molecular weight excluding hydrogens is 276 g/mol. The summed E-state index contributed by atoms with van der Waals surface area (Å²) in [6.45, 7) is -0.000962. The highest BCUT2D eigenvalue weighted by Crippen LogP contribution is 2.18. The zero-order valence-corrected chi connectivity index (χ0v) is 11.0. The van der Waals surface area contributed by atoms with Crippen molar-refractivity contribution in [3.8, 4) is 11.8 Å². The van der Waals surface area contributed by atoms with Crippen LogP contribution < -0.4 is 4.74 Å². The van der Waals surface area contributed by atoms with E-state index in [1.165, 1.54) is 36.4 Å². The van der Waals surface area contributed by atoms with E-state index in [4.69, 9.17) is 10.00 Å². The highest BCUT2D eigenvalue weighted by atomic mass is 19.1. The van der Waals surface area contributed by atoms with Gasteiger partial charge in [-0.1, -0.05) is 0 Å². The Labute approximate surface area is 120 Å². The monoisotopic (exact) mass is 287 g/mol. The molecule has 0 aromatic heterocycles. The molecule has 0 radical (unpaired) electrons. The van der Waals surface area contributed by atoms with Gasteiger partial charge in [0.15, 0.2) is 17.3 Å². The molecule has 2 rings (SSSR count). The van der Waals surface area contributed by atoms with Gasteiger partial charge in [0.25, 0.3) is 0 Å². The minimum absolute atomic E-state index is 0.000962. The van der Waals surface area contributed by atoms with Crippen LogP contribution in [0.2, 0.25) is 0 Å². The number of Topliss-reactive ketones (excluding diaryl/α,β-unsaturated/α-hetero) is 1. The average Bonchev–Trinajstić information content (AvgIpc) is 2.49. The number of nitrogens with zero attached hydrogens (tertiary/aromatic N) is 1. The van der Waals surface area contributed by atoms with E-state index in [-0.39, 0.29) is 30.1 Å². The molecule has 0 bridgehead atoms. The normalized spacial score (nSPS) is 9.95. The summed E-state index contributed by atoms with van der Waals surface area (Å²) in [4.78, 5) is 11.8. The van der Waals surface area contributed by atoms with Crippen molar-refractivity contribution < 1.29 is 18.3 Å². The van der Waals surface area contributed by atoms with Gasteiger partial charge in [0.05, 0.1) is 18.2 Å². The lowest BCUT2D eigenvalue weighted by atomic mass is 10.1. The molecule has 0 atom stereocenters. The molecule has 0 aliphatic heterocycles. The SMILES string of the molecule is N#Cc1ccc(OCCC(=O)c2ccc(F)cc2)c(F)c1. The zero-order chi connectivity index (χ0) is 15.2. The topological polar surface area (TPSA) is 50.1 Å². The Kier molecular flexibility index (Phi) is 4.62. The Hall–Kier alpha value is -2.74. The summed E-state index contributed by atoms with van der Waals surface area (Å²) in [5.41, 5.74) is 0.572. The van der Waals surface area contributed by atoms with Gasteiger partial charge in [0, 0.05) is 12.0 Å². The molecular formula is C16H11F2NO2. The molecule has 0 heterocycles. The minimum atomic E-state index is -0.650. The van der Waals surface area contributed by atoms with Gasteiger partial charge in [0.2, 0.25) is 0 Å². The standard InChI is InChI=1S/C16H11F2NO2/c17-13-4-2-12(3-5-13)15(20)7-8-21-16-6-1-11(10-19)9-14(16)18/h1-6,9H,7-8H2. The first-order valence-corrected chi connectivity index (χ1v) is 6.21. The fourth-order valence-corrected chi connectivity index (χ4v) is 1.72. The van der Waals surface area contributed by atoms with Crippen LogP contribution in [0.15, 0.2) is 42.5 Å². The smallest absolute Gasteiger partial charge is 0.166 e. The lowest BCUT2D eigenvalue weighted by Crippen LogP contribution is -2.07. The highest BCUT2D eigenvalue weighted by Gasteiger charge is 2.08. The van der Waals surface area contributed by atoms with Crippen molar-refractivity contribution in [3.63, 3.8) is 0 Å². The number of hydrogen-bond donors (Lipinski definition) is 0. The van der Waals surface area contributed by atoms with E-state index < -0.39 is 11.6 Å². The van der Waals surface area contributed by atoms with E-state index in [2.05, 4.69) is 0 Å². The number of halogens is 2. The van der Waals surface area contributed by atoms with Gasteiger partial charge in [0.1, 0.15) is 5.82 Å². The lowest BCUT2D eigenvalue weighted by Gasteiger charge is -2.07. The molecule has 0 N–H and O–H groups in total. The molecule has 2 aromatic rings. The fourth-order valence-electron chi connectivity index (χ4n) is 1.72. The Morgan fingerprint density at radius 1 is 1.14 bits per heavy atom. The van der Waals surface area contributed by atoms with Crippen LogP contribution in [0.25, 0.3) is 0 Å². The van der Waals surface area contributed by atoms with E-state index in [9.17, 15) is 13.6 Å². The Balaban J connectivity index is 1.91. The zero-order valence-electron chi connectivity index (χ0n) is 11.0. The highest BCUT2D eigenvalue weighted by molar-refractivity contribution is 5.96. The summed E-state index contributed by atoms with van der Waals surface area (Å²) in [5.74, 6) is -1.30. The third-order valence-corrected chi connectivity index (χ3v) is 2.81. The van der Waals surface area contributed by atoms with Crippen molar-refractivity contribution in [2.24, 2.45) is 0 Å². The number of hydrogen-bond acceptors (Lipinski definition) is 3. The molecule has 5 heteroatoms. The van der Waals surface area contributed by atoms with Gasteiger partial charge in [-0.25, -0.2) is 8.78 Å². The predicted octanol–water partition coefficient (Wildman–Crippen LogP) is 3.49. The Morgan fingerprint density at radius 3 is 2.48 bits per heavy atom. The molecule has 2 aromatic carbocycles. The lowest BCUT2D eigenvalue weighted by molar-refractivity contribution is 0.0961. The number of ether oxygens (including phenoxy) is 1. The first-order chi connectivity index (χ1) is 10.1. The second-order valence-electron chi connectivity index (χ2n) is 4.29. The molecule has 0 aliphatic carbocycles. The van der Waals surface area contributed by atoms with Crippen molar-refractivity contribution in [1.82, 2.24) is 0 Å². The van der Waals surface area contributed by atoms with Crippen molar-refractivity contribution >= 4 is 5.78 Å². The van der Waals surface area contributed by atoms with Crippen LogP contribution in [0.1, 0.15) is 22.3 Å². The van der Waals surface area contributed by atoms with Gasteiger partial charge in [-0.3, -0.25) is 4.79 Å². The van der Waals surface area contributed by atoms with E-state index >= 15 is 0 Å². The van der Waals surface area contributed by atoms with Gasteiger partial charge in [-0.2, -0.15) is 5.26 Å². The van der Waals surface area contributed by atoms with E-state index in [0.717, 1.165) is 6.07 Å². The van der Waals surface area contributed by atoms with Crippen LogP contribution >= 0.6 is 0 Å². The van der Waals surface area contributed by atoms with Crippen LogP contribution in [0.3, 0.4) is 0 Å². The molecule has 21 heavy (non-hydrogen) atoms. The van der Waals surface area contributed by atoms with Crippen molar-refractivity contribution in [2.75, 3.05) is 6.61 Å². The summed E-state index contributed by atoms with van der Waals surface area (Å²) in [5, 5.41) is 8.62. The maximum atomic E-state index is 13.5. The van der Waals surface area contributed by atoms with Crippen molar-refractivity contribution in [1.29, 1.82) is 5.26 Å². The molecule has 0 saturated heterocycles. The molecule has 0 fully saturated rings. The third kappa shape index (κ3) is 3.86. The van der Waals surface area contributed by atoms with Crippen molar-refractivity contribution in [2.45, 2.75) is 6.42 Å². The number of rotatable bonds is 5. The fraction of sp³-hybridized carbons (Fsp3) is 0.125. The maximum Gasteiger partial charge on any atom is 0.166 e. The second kappa shape index (κ2) is 6.62. The Morgan fingerprint density at radius 2 is 1.86 bits per heavy atom. The van der Waals surface area contributed by atoms with Crippen LogP contribution in [0.4, 0.5) is 8.78 Å². The summed E-state index contributed by atoms with van der Waals surface area (Å²) >= 11 is 0. The molecule has 0 saturated carbocycles. The predicted molar refractivity (Wildman–Crippen MR) is 72.0 cm³/mol. The first-order valence-electron chi connectivity index (χ1n) is 6.21. The third-order valence-electron chi connectivity index (χ3n) is 2.81. The van der Waals surface area contributed by atoms with Crippen molar-refractivity contribution in [3.05, 3.63) is 65.2 Å². The second-order valence-corrected chi connectivity index (χ2v) is 4.29. The quantitative estimate of drug-likeness (QED) is 0.791. The number of carbonyl (C=O) groups excluding carboxylic acids is 1. The minimum Gasteiger partial charge on any atom is -0.490 e. The largest absolute Gasteiger partial charge is 0.490 e. The van der Waals surface area contributed by atoms with E-state index in [0.29, 0.717) is 5.56 Å². The first kappa shape index (κ1) is 14.7. The number of nitriles is 1. The van der Waals surface area contributed by atoms with Crippen LogP contribution in [-0.2, 0) is 0 Å². The van der Waals surface area contributed by atoms with E-state index in [1.54, 1.807) is 0 Å². The molecule has 3 nitrogen and oxygen atoms in total. The molecule has 0 spiro atoms. The summed E-state index contributed by atoms with van der Waals surface area (Å²) in [6, 6.07) is 10.8.